The Hall–Kier alpha value is -2.57. The van der Waals surface area contributed by atoms with Crippen molar-refractivity contribution in [3.8, 4) is 0 Å². The number of nitrogens with zero attached hydrogens (tertiary/aromatic N) is 1. The van der Waals surface area contributed by atoms with Crippen LogP contribution in [0.5, 0.6) is 0 Å². The van der Waals surface area contributed by atoms with Crippen LogP contribution in [0.1, 0.15) is 36.5 Å². The third-order valence-corrected chi connectivity index (χ3v) is 4.67. The van der Waals surface area contributed by atoms with E-state index in [-0.39, 0.29) is 17.9 Å². The van der Waals surface area contributed by atoms with Crippen LogP contribution in [0.4, 0.5) is 5.69 Å². The molecule has 3 rings (SSSR count). The Morgan fingerprint density at radius 2 is 2.00 bits per heavy atom. The van der Waals surface area contributed by atoms with E-state index in [2.05, 4.69) is 4.90 Å². The Labute approximate surface area is 146 Å². The fourth-order valence-electron chi connectivity index (χ4n) is 3.27. The fraction of sp³-hybridized carbons (Fsp3) is 0.500. The molecule has 134 valence electrons. The third-order valence-electron chi connectivity index (χ3n) is 4.67. The Balaban J connectivity index is 1.63. The van der Waals surface area contributed by atoms with Crippen LogP contribution < -0.4 is 10.6 Å². The first-order chi connectivity index (χ1) is 11.9. The van der Waals surface area contributed by atoms with Crippen molar-refractivity contribution in [2.24, 2.45) is 11.7 Å². The maximum absolute atomic E-state index is 12.2. The zero-order valence-electron chi connectivity index (χ0n) is 14.1. The number of carbonyl (C=O) groups excluding carboxylic acids is 3. The number of amides is 1. The minimum atomic E-state index is -0.833. The first kappa shape index (κ1) is 17.3. The topological polar surface area (TPSA) is 98.9 Å². The minimum absolute atomic E-state index is 0.145. The van der Waals surface area contributed by atoms with Crippen molar-refractivity contribution in [2.45, 2.75) is 38.4 Å². The average Bonchev–Trinajstić information content (AvgIpc) is 2.92. The predicted octanol–water partition coefficient (Wildman–Crippen LogP) is 1.25. The molecule has 2 aliphatic rings. The molecular weight excluding hydrogens is 324 g/mol. The number of hydrogen-bond acceptors (Lipinski definition) is 6. The lowest BCUT2D eigenvalue weighted by Crippen LogP contribution is -2.41. The average molecular weight is 346 g/mol. The highest BCUT2D eigenvalue weighted by Gasteiger charge is 2.35. The van der Waals surface area contributed by atoms with Crippen LogP contribution in [0, 0.1) is 5.92 Å². The Morgan fingerprint density at radius 3 is 2.60 bits per heavy atom. The molecule has 1 aromatic rings. The zero-order chi connectivity index (χ0) is 18.0. The molecule has 2 N–H and O–H groups in total. The maximum Gasteiger partial charge on any atom is 0.347 e. The van der Waals surface area contributed by atoms with Crippen LogP contribution in [0.3, 0.4) is 0 Å². The molecule has 0 radical (unpaired) electrons. The summed E-state index contributed by atoms with van der Waals surface area (Å²) in [5, 5.41) is 0. The van der Waals surface area contributed by atoms with Gasteiger partial charge in [-0.15, -0.1) is 0 Å². The molecule has 0 saturated carbocycles. The molecule has 2 fully saturated rings. The van der Waals surface area contributed by atoms with Crippen LogP contribution in [0.15, 0.2) is 24.3 Å². The highest BCUT2D eigenvalue weighted by Crippen LogP contribution is 2.24. The van der Waals surface area contributed by atoms with Gasteiger partial charge in [0.05, 0.1) is 11.5 Å². The van der Waals surface area contributed by atoms with Crippen LogP contribution in [-0.2, 0) is 19.1 Å². The lowest BCUT2D eigenvalue weighted by Gasteiger charge is -2.33. The summed E-state index contributed by atoms with van der Waals surface area (Å²) in [6, 6.07) is 6.95. The summed E-state index contributed by atoms with van der Waals surface area (Å²) in [6.45, 7) is 3.20. The summed E-state index contributed by atoms with van der Waals surface area (Å²) in [5.41, 5.74) is 6.71. The van der Waals surface area contributed by atoms with E-state index in [1.54, 1.807) is 19.1 Å². The number of primary amides is 1. The number of nitrogens with two attached hydrogens (primary N) is 1. The van der Waals surface area contributed by atoms with E-state index in [1.807, 2.05) is 12.1 Å². The van der Waals surface area contributed by atoms with Gasteiger partial charge in [-0.3, -0.25) is 4.79 Å². The quantitative estimate of drug-likeness (QED) is 0.824. The number of benzene rings is 1. The van der Waals surface area contributed by atoms with E-state index in [9.17, 15) is 14.4 Å². The molecule has 25 heavy (non-hydrogen) atoms. The summed E-state index contributed by atoms with van der Waals surface area (Å²) < 4.78 is 10.2. The smallest absolute Gasteiger partial charge is 0.347 e. The van der Waals surface area contributed by atoms with Gasteiger partial charge in [0.25, 0.3) is 0 Å². The van der Waals surface area contributed by atoms with Crippen LogP contribution in [-0.4, -0.2) is 43.1 Å². The number of ether oxygens (including phenoxy) is 2. The van der Waals surface area contributed by atoms with Gasteiger partial charge in [-0.2, -0.15) is 0 Å². The number of anilines is 1. The van der Waals surface area contributed by atoms with Crippen molar-refractivity contribution in [3.05, 3.63) is 29.8 Å². The van der Waals surface area contributed by atoms with Crippen molar-refractivity contribution >= 4 is 23.5 Å². The van der Waals surface area contributed by atoms with Gasteiger partial charge in [0.1, 0.15) is 6.10 Å². The lowest BCUT2D eigenvalue weighted by molar-refractivity contribution is -0.147. The first-order valence-corrected chi connectivity index (χ1v) is 8.50. The van der Waals surface area contributed by atoms with Crippen LogP contribution >= 0.6 is 0 Å². The van der Waals surface area contributed by atoms with Gasteiger partial charge in [0.15, 0.2) is 0 Å². The number of cyclic esters (lactones) is 1. The van der Waals surface area contributed by atoms with Crippen molar-refractivity contribution in [1.82, 2.24) is 0 Å². The molecular formula is C18H22N2O5. The van der Waals surface area contributed by atoms with Gasteiger partial charge in [0, 0.05) is 25.2 Å². The summed E-state index contributed by atoms with van der Waals surface area (Å²) >= 11 is 0. The highest BCUT2D eigenvalue weighted by atomic mass is 16.6. The molecule has 2 aliphatic heterocycles. The molecule has 0 aliphatic carbocycles. The predicted molar refractivity (Wildman–Crippen MR) is 89.9 cm³/mol. The number of esters is 2. The Morgan fingerprint density at radius 1 is 1.28 bits per heavy atom. The van der Waals surface area contributed by atoms with Gasteiger partial charge in [-0.25, -0.2) is 9.59 Å². The standard InChI is InChI=1S/C18H22N2O5/c1-11-9-15(18(23)24-11)25-17(22)12-4-6-14(7-5-12)20-8-2-3-13(10-20)16(19)21/h4-7,11,13,15H,2-3,8-10H2,1H3,(H2,19,21)/t11-,13+,15-/m1/s1. The van der Waals surface area contributed by atoms with Gasteiger partial charge >= 0.3 is 11.9 Å². The highest BCUT2D eigenvalue weighted by molar-refractivity contribution is 5.92. The van der Waals surface area contributed by atoms with Crippen LogP contribution in [0.2, 0.25) is 0 Å². The second-order valence-corrected chi connectivity index (χ2v) is 6.61. The normalized spacial score (nSPS) is 26.2. The van der Waals surface area contributed by atoms with Gasteiger partial charge in [-0.05, 0) is 44.0 Å². The summed E-state index contributed by atoms with van der Waals surface area (Å²) in [4.78, 5) is 37.2. The van der Waals surface area contributed by atoms with Gasteiger partial charge in [-0.1, -0.05) is 0 Å². The van der Waals surface area contributed by atoms with E-state index in [1.165, 1.54) is 0 Å². The second kappa shape index (κ2) is 7.13. The molecule has 0 bridgehead atoms. The summed E-state index contributed by atoms with van der Waals surface area (Å²) in [7, 11) is 0. The molecule has 7 nitrogen and oxygen atoms in total. The van der Waals surface area contributed by atoms with E-state index in [4.69, 9.17) is 15.2 Å². The van der Waals surface area contributed by atoms with E-state index >= 15 is 0 Å². The van der Waals surface area contributed by atoms with Gasteiger partial charge in [0.2, 0.25) is 12.0 Å². The third kappa shape index (κ3) is 3.92. The largest absolute Gasteiger partial charge is 0.460 e. The second-order valence-electron chi connectivity index (χ2n) is 6.61. The SMILES string of the molecule is C[C@@H]1C[C@@H](OC(=O)c2ccc(N3CCC[C@H](C(N)=O)C3)cc2)C(=O)O1. The molecule has 0 spiro atoms. The van der Waals surface area contributed by atoms with Crippen molar-refractivity contribution in [1.29, 1.82) is 0 Å². The van der Waals surface area contributed by atoms with Crippen molar-refractivity contribution < 1.29 is 23.9 Å². The molecule has 1 aromatic carbocycles. The fourth-order valence-corrected chi connectivity index (χ4v) is 3.27. The molecule has 0 aromatic heterocycles. The van der Waals surface area contributed by atoms with Crippen molar-refractivity contribution in [3.63, 3.8) is 0 Å². The zero-order valence-corrected chi connectivity index (χ0v) is 14.1. The van der Waals surface area contributed by atoms with E-state index in [0.717, 1.165) is 25.1 Å². The van der Waals surface area contributed by atoms with Crippen LogP contribution in [0.25, 0.3) is 0 Å². The summed E-state index contributed by atoms with van der Waals surface area (Å²) in [6.07, 6.45) is 1.03. The van der Waals surface area contributed by atoms with E-state index in [0.29, 0.717) is 18.5 Å². The number of carbonyl (C=O) groups is 3. The number of piperidine rings is 1. The molecule has 3 atom stereocenters. The molecule has 0 unspecified atom stereocenters. The minimum Gasteiger partial charge on any atom is -0.460 e. The number of hydrogen-bond donors (Lipinski definition) is 1. The Bertz CT molecular complexity index is 673. The lowest BCUT2D eigenvalue weighted by atomic mass is 9.97. The number of rotatable bonds is 4. The molecule has 2 saturated heterocycles. The molecule has 2 heterocycles. The van der Waals surface area contributed by atoms with Crippen molar-refractivity contribution in [2.75, 3.05) is 18.0 Å². The molecule has 1 amide bonds. The van der Waals surface area contributed by atoms with Gasteiger partial charge < -0.3 is 20.1 Å². The summed E-state index contributed by atoms with van der Waals surface area (Å²) in [5.74, 6) is -1.46. The maximum atomic E-state index is 12.2. The molecule has 7 heteroatoms. The first-order valence-electron chi connectivity index (χ1n) is 8.50. The van der Waals surface area contributed by atoms with E-state index < -0.39 is 18.0 Å². The monoisotopic (exact) mass is 346 g/mol. The Kier molecular flexibility index (Phi) is 4.92.